The Morgan fingerprint density at radius 1 is 1.13 bits per heavy atom. The van der Waals surface area contributed by atoms with Crippen LogP contribution in [0.5, 0.6) is 0 Å². The summed E-state index contributed by atoms with van der Waals surface area (Å²) in [4.78, 5) is 12.0. The molecule has 2 aromatic rings. The van der Waals surface area contributed by atoms with Gasteiger partial charge in [-0.25, -0.2) is 0 Å². The molecule has 0 radical (unpaired) electrons. The number of allylic oxidation sites excluding steroid dienone is 1. The quantitative estimate of drug-likeness (QED) is 0.615. The van der Waals surface area contributed by atoms with Crippen molar-refractivity contribution in [2.24, 2.45) is 0 Å². The molecule has 0 aromatic heterocycles. The van der Waals surface area contributed by atoms with E-state index in [-0.39, 0.29) is 11.5 Å². The number of ketones is 1. The minimum Gasteiger partial charge on any atom is -0.362 e. The van der Waals surface area contributed by atoms with E-state index in [0.717, 1.165) is 24.1 Å². The molecule has 0 aliphatic carbocycles. The first-order valence-electron chi connectivity index (χ1n) is 7.14. The summed E-state index contributed by atoms with van der Waals surface area (Å²) in [5.74, 6) is -0.216. The molecule has 0 saturated heterocycles. The number of alkyl halides is 3. The lowest BCUT2D eigenvalue weighted by molar-refractivity contribution is -0.137. The number of nitrogens with one attached hydrogen (secondary N) is 1. The smallest absolute Gasteiger partial charge is 0.362 e. The van der Waals surface area contributed by atoms with E-state index in [0.29, 0.717) is 5.56 Å². The summed E-state index contributed by atoms with van der Waals surface area (Å²) in [6, 6.07) is 12.0. The molecule has 23 heavy (non-hydrogen) atoms. The van der Waals surface area contributed by atoms with Crippen molar-refractivity contribution in [3.05, 3.63) is 77.5 Å². The predicted octanol–water partition coefficient (Wildman–Crippen LogP) is 5.08. The van der Waals surface area contributed by atoms with E-state index in [2.05, 4.69) is 5.32 Å². The summed E-state index contributed by atoms with van der Waals surface area (Å²) >= 11 is 0. The van der Waals surface area contributed by atoms with Crippen molar-refractivity contribution < 1.29 is 18.0 Å². The Morgan fingerprint density at radius 3 is 2.43 bits per heavy atom. The van der Waals surface area contributed by atoms with E-state index >= 15 is 0 Å². The maximum Gasteiger partial charge on any atom is 0.416 e. The average Bonchev–Trinajstić information content (AvgIpc) is 2.54. The summed E-state index contributed by atoms with van der Waals surface area (Å²) in [5, 5.41) is 2.68. The molecule has 0 saturated carbocycles. The Labute approximate surface area is 132 Å². The maximum atomic E-state index is 12.6. The molecule has 0 unspecified atom stereocenters. The highest BCUT2D eigenvalue weighted by Crippen LogP contribution is 2.30. The Kier molecular flexibility index (Phi) is 5.21. The topological polar surface area (TPSA) is 29.1 Å². The van der Waals surface area contributed by atoms with E-state index in [1.165, 1.54) is 24.4 Å². The molecule has 0 aliphatic rings. The van der Waals surface area contributed by atoms with E-state index in [4.69, 9.17) is 0 Å². The zero-order valence-electron chi connectivity index (χ0n) is 12.5. The Bertz CT molecular complexity index is 703. The fraction of sp³-hybridized carbons (Fsp3) is 0.167. The van der Waals surface area contributed by atoms with Gasteiger partial charge >= 0.3 is 6.18 Å². The van der Waals surface area contributed by atoms with Crippen molar-refractivity contribution in [3.63, 3.8) is 0 Å². The molecule has 5 heteroatoms. The number of rotatable bonds is 5. The van der Waals surface area contributed by atoms with Gasteiger partial charge in [-0.1, -0.05) is 37.3 Å². The van der Waals surface area contributed by atoms with Crippen molar-refractivity contribution in [1.82, 2.24) is 0 Å². The monoisotopic (exact) mass is 319 g/mol. The van der Waals surface area contributed by atoms with Crippen LogP contribution in [0, 0.1) is 0 Å². The molecule has 2 aromatic carbocycles. The number of benzene rings is 2. The summed E-state index contributed by atoms with van der Waals surface area (Å²) in [6.45, 7) is 2.02. The lowest BCUT2D eigenvalue weighted by Crippen LogP contribution is -2.05. The Balaban J connectivity index is 2.02. The third-order valence-corrected chi connectivity index (χ3v) is 3.32. The number of carbonyl (C=O) groups is 1. The number of carbonyl (C=O) groups excluding carboxylic acids is 1. The van der Waals surface area contributed by atoms with Crippen LogP contribution >= 0.6 is 0 Å². The Hall–Kier alpha value is -2.56. The summed E-state index contributed by atoms with van der Waals surface area (Å²) in [7, 11) is 0. The number of halogens is 3. The van der Waals surface area contributed by atoms with Gasteiger partial charge in [0, 0.05) is 23.5 Å². The molecular formula is C18H16F3NO. The molecule has 0 heterocycles. The first-order chi connectivity index (χ1) is 10.9. The fourth-order valence-electron chi connectivity index (χ4n) is 2.00. The molecule has 0 spiro atoms. The van der Waals surface area contributed by atoms with E-state index in [1.54, 1.807) is 12.1 Å². The predicted molar refractivity (Wildman–Crippen MR) is 84.4 cm³/mol. The van der Waals surface area contributed by atoms with Gasteiger partial charge in [-0.3, -0.25) is 4.79 Å². The van der Waals surface area contributed by atoms with Gasteiger partial charge in [-0.15, -0.1) is 0 Å². The zero-order chi connectivity index (χ0) is 16.9. The van der Waals surface area contributed by atoms with Crippen molar-refractivity contribution in [2.45, 2.75) is 19.5 Å². The van der Waals surface area contributed by atoms with Crippen LogP contribution in [0.3, 0.4) is 0 Å². The highest BCUT2D eigenvalue weighted by Gasteiger charge is 2.30. The van der Waals surface area contributed by atoms with Crippen LogP contribution in [0.4, 0.5) is 18.9 Å². The van der Waals surface area contributed by atoms with E-state index in [1.807, 2.05) is 19.1 Å². The lowest BCUT2D eigenvalue weighted by atomic mass is 10.1. The van der Waals surface area contributed by atoms with Gasteiger partial charge < -0.3 is 5.32 Å². The first kappa shape index (κ1) is 16.8. The molecule has 0 amide bonds. The number of hydrogen-bond acceptors (Lipinski definition) is 2. The van der Waals surface area contributed by atoms with Crippen LogP contribution in [-0.4, -0.2) is 5.78 Å². The van der Waals surface area contributed by atoms with Gasteiger partial charge in [0.25, 0.3) is 0 Å². The molecular weight excluding hydrogens is 303 g/mol. The minimum atomic E-state index is -4.39. The fourth-order valence-corrected chi connectivity index (χ4v) is 2.00. The molecule has 0 aliphatic heterocycles. The van der Waals surface area contributed by atoms with E-state index < -0.39 is 11.7 Å². The van der Waals surface area contributed by atoms with Crippen LogP contribution < -0.4 is 5.32 Å². The van der Waals surface area contributed by atoms with Gasteiger partial charge in [0.2, 0.25) is 0 Å². The van der Waals surface area contributed by atoms with Crippen LogP contribution in [0.2, 0.25) is 0 Å². The second-order valence-electron chi connectivity index (χ2n) is 4.97. The molecule has 0 fully saturated rings. The third-order valence-electron chi connectivity index (χ3n) is 3.32. The van der Waals surface area contributed by atoms with Crippen LogP contribution in [0.1, 0.15) is 28.4 Å². The molecule has 0 bridgehead atoms. The van der Waals surface area contributed by atoms with Crippen LogP contribution in [-0.2, 0) is 12.6 Å². The normalized spacial score (nSPS) is 11.7. The third kappa shape index (κ3) is 4.71. The van der Waals surface area contributed by atoms with Gasteiger partial charge in [0.1, 0.15) is 0 Å². The van der Waals surface area contributed by atoms with Crippen molar-refractivity contribution in [3.8, 4) is 0 Å². The summed E-state index contributed by atoms with van der Waals surface area (Å²) in [6.07, 6.45) is -0.869. The van der Waals surface area contributed by atoms with E-state index in [9.17, 15) is 18.0 Å². The average molecular weight is 319 g/mol. The molecule has 2 rings (SSSR count). The van der Waals surface area contributed by atoms with Crippen molar-refractivity contribution in [2.75, 3.05) is 5.32 Å². The SMILES string of the molecule is CCc1ccc(C(=O)/C=C\Nc2cccc(C(F)(F)F)c2)cc1. The number of hydrogen-bond donors (Lipinski definition) is 1. The number of aryl methyl sites for hydroxylation is 1. The van der Waals surface area contributed by atoms with Crippen molar-refractivity contribution >= 4 is 11.5 Å². The standard InChI is InChI=1S/C18H16F3NO/c1-2-13-6-8-14(9-7-13)17(23)10-11-22-16-5-3-4-15(12-16)18(19,20)21/h3-12,22H,2H2,1H3/b11-10-. The zero-order valence-corrected chi connectivity index (χ0v) is 12.5. The second kappa shape index (κ2) is 7.13. The first-order valence-corrected chi connectivity index (χ1v) is 7.14. The molecule has 0 atom stereocenters. The lowest BCUT2D eigenvalue weighted by Gasteiger charge is -2.08. The minimum absolute atomic E-state index is 0.216. The number of anilines is 1. The largest absolute Gasteiger partial charge is 0.416 e. The summed E-state index contributed by atoms with van der Waals surface area (Å²) < 4.78 is 37.8. The summed E-state index contributed by atoms with van der Waals surface area (Å²) in [5.41, 5.74) is 1.19. The highest BCUT2D eigenvalue weighted by molar-refractivity contribution is 6.04. The van der Waals surface area contributed by atoms with Crippen LogP contribution in [0.15, 0.2) is 60.8 Å². The molecule has 1 N–H and O–H groups in total. The van der Waals surface area contributed by atoms with Crippen molar-refractivity contribution in [1.29, 1.82) is 0 Å². The van der Waals surface area contributed by atoms with Gasteiger partial charge in [-0.2, -0.15) is 13.2 Å². The molecule has 2 nitrogen and oxygen atoms in total. The second-order valence-corrected chi connectivity index (χ2v) is 4.97. The highest BCUT2D eigenvalue weighted by atomic mass is 19.4. The van der Waals surface area contributed by atoms with Gasteiger partial charge in [0.15, 0.2) is 5.78 Å². The molecule has 120 valence electrons. The van der Waals surface area contributed by atoms with Crippen LogP contribution in [0.25, 0.3) is 0 Å². The Morgan fingerprint density at radius 2 is 1.83 bits per heavy atom. The maximum absolute atomic E-state index is 12.6. The van der Waals surface area contributed by atoms with Gasteiger partial charge in [0.05, 0.1) is 5.56 Å². The van der Waals surface area contributed by atoms with Gasteiger partial charge in [-0.05, 0) is 30.2 Å².